The molecule has 0 atom stereocenters. The fourth-order valence-corrected chi connectivity index (χ4v) is 1.74. The van der Waals surface area contributed by atoms with Crippen LogP contribution in [0.4, 0.5) is 0 Å². The van der Waals surface area contributed by atoms with E-state index in [2.05, 4.69) is 50.4 Å². The van der Waals surface area contributed by atoms with Crippen molar-refractivity contribution in [1.29, 1.82) is 0 Å². The van der Waals surface area contributed by atoms with Crippen LogP contribution in [-0.4, -0.2) is 25.4 Å². The molecule has 0 saturated carbocycles. The fourth-order valence-electron chi connectivity index (χ4n) is 1.74. The molecule has 1 rings (SSSR count). The topological polar surface area (TPSA) is 30.5 Å². The largest absolute Gasteiger partial charge is 0.377 e. The maximum absolute atomic E-state index is 5.68. The Bertz CT molecular complexity index is 358. The van der Waals surface area contributed by atoms with Crippen molar-refractivity contribution < 1.29 is 9.47 Å². The van der Waals surface area contributed by atoms with Gasteiger partial charge in [-0.05, 0) is 38.8 Å². The first-order valence-electron chi connectivity index (χ1n) is 7.02. The average molecular weight is 265 g/mol. The van der Waals surface area contributed by atoms with Gasteiger partial charge in [0.2, 0.25) is 0 Å². The Balaban J connectivity index is 2.32. The summed E-state index contributed by atoms with van der Waals surface area (Å²) in [5, 5.41) is 3.41. The van der Waals surface area contributed by atoms with Crippen LogP contribution < -0.4 is 5.32 Å². The van der Waals surface area contributed by atoms with Crippen molar-refractivity contribution in [1.82, 2.24) is 5.32 Å². The number of ether oxygens (including phenoxy) is 2. The standard InChI is InChI=1S/C16H27NO2/c1-5-18-13-15-9-7-6-8-14(15)12-17-10-11-19-16(2,3)4/h6-9,17H,5,10-13H2,1-4H3. The molecule has 3 heteroatoms. The molecule has 1 aromatic carbocycles. The Morgan fingerprint density at radius 1 is 1.11 bits per heavy atom. The summed E-state index contributed by atoms with van der Waals surface area (Å²) in [4.78, 5) is 0. The number of rotatable bonds is 8. The van der Waals surface area contributed by atoms with E-state index >= 15 is 0 Å². The molecule has 3 nitrogen and oxygen atoms in total. The molecule has 0 unspecified atom stereocenters. The maximum Gasteiger partial charge on any atom is 0.0719 e. The van der Waals surface area contributed by atoms with Crippen LogP contribution in [0, 0.1) is 0 Å². The van der Waals surface area contributed by atoms with E-state index in [1.807, 2.05) is 6.92 Å². The van der Waals surface area contributed by atoms with Crippen LogP contribution in [0.15, 0.2) is 24.3 Å². The summed E-state index contributed by atoms with van der Waals surface area (Å²) in [6.07, 6.45) is 0. The lowest BCUT2D eigenvalue weighted by Gasteiger charge is -2.19. The van der Waals surface area contributed by atoms with Crippen LogP contribution in [0.25, 0.3) is 0 Å². The number of hydrogen-bond donors (Lipinski definition) is 1. The zero-order valence-electron chi connectivity index (χ0n) is 12.7. The van der Waals surface area contributed by atoms with E-state index in [0.29, 0.717) is 6.61 Å². The second kappa shape index (κ2) is 8.31. The zero-order chi connectivity index (χ0) is 14.1. The predicted octanol–water partition coefficient (Wildman–Crippen LogP) is 3.13. The number of benzene rings is 1. The van der Waals surface area contributed by atoms with Gasteiger partial charge >= 0.3 is 0 Å². The van der Waals surface area contributed by atoms with Gasteiger partial charge < -0.3 is 14.8 Å². The normalized spacial score (nSPS) is 11.8. The van der Waals surface area contributed by atoms with Crippen LogP contribution >= 0.6 is 0 Å². The molecular weight excluding hydrogens is 238 g/mol. The minimum Gasteiger partial charge on any atom is -0.377 e. The molecular formula is C16H27NO2. The highest BCUT2D eigenvalue weighted by molar-refractivity contribution is 5.26. The predicted molar refractivity (Wildman–Crippen MR) is 79.2 cm³/mol. The summed E-state index contributed by atoms with van der Waals surface area (Å²) in [6.45, 7) is 12.1. The molecule has 0 spiro atoms. The van der Waals surface area contributed by atoms with E-state index in [1.54, 1.807) is 0 Å². The molecule has 0 amide bonds. The summed E-state index contributed by atoms with van der Waals surface area (Å²) < 4.78 is 11.2. The third-order valence-corrected chi connectivity index (χ3v) is 2.71. The molecule has 0 heterocycles. The molecule has 0 aliphatic rings. The molecule has 0 aromatic heterocycles. The Morgan fingerprint density at radius 3 is 2.42 bits per heavy atom. The van der Waals surface area contributed by atoms with Gasteiger partial charge in [0.15, 0.2) is 0 Å². The zero-order valence-corrected chi connectivity index (χ0v) is 12.7. The van der Waals surface area contributed by atoms with Gasteiger partial charge in [0, 0.05) is 19.7 Å². The lowest BCUT2D eigenvalue weighted by molar-refractivity contribution is -0.000897. The van der Waals surface area contributed by atoms with Crippen LogP contribution in [0.3, 0.4) is 0 Å². The first-order valence-corrected chi connectivity index (χ1v) is 7.02. The Morgan fingerprint density at radius 2 is 1.79 bits per heavy atom. The van der Waals surface area contributed by atoms with E-state index in [0.717, 1.165) is 26.3 Å². The minimum absolute atomic E-state index is 0.0610. The van der Waals surface area contributed by atoms with Gasteiger partial charge in [0.25, 0.3) is 0 Å². The van der Waals surface area contributed by atoms with Crippen molar-refractivity contribution in [2.24, 2.45) is 0 Å². The average Bonchev–Trinajstić information content (AvgIpc) is 2.36. The van der Waals surface area contributed by atoms with Crippen molar-refractivity contribution in [2.45, 2.75) is 46.4 Å². The van der Waals surface area contributed by atoms with Gasteiger partial charge in [0.05, 0.1) is 18.8 Å². The Hall–Kier alpha value is -0.900. The molecule has 0 bridgehead atoms. The maximum atomic E-state index is 5.68. The molecule has 0 radical (unpaired) electrons. The first kappa shape index (κ1) is 16.2. The van der Waals surface area contributed by atoms with Gasteiger partial charge in [-0.25, -0.2) is 0 Å². The quantitative estimate of drug-likeness (QED) is 0.733. The summed E-state index contributed by atoms with van der Waals surface area (Å²) in [6, 6.07) is 8.39. The summed E-state index contributed by atoms with van der Waals surface area (Å²) >= 11 is 0. The lowest BCUT2D eigenvalue weighted by atomic mass is 10.1. The summed E-state index contributed by atoms with van der Waals surface area (Å²) in [7, 11) is 0. The summed E-state index contributed by atoms with van der Waals surface area (Å²) in [5.74, 6) is 0. The van der Waals surface area contributed by atoms with Crippen LogP contribution in [-0.2, 0) is 22.6 Å². The van der Waals surface area contributed by atoms with Crippen molar-refractivity contribution in [3.63, 3.8) is 0 Å². The molecule has 1 aromatic rings. The first-order chi connectivity index (χ1) is 9.03. The summed E-state index contributed by atoms with van der Waals surface area (Å²) in [5.41, 5.74) is 2.49. The van der Waals surface area contributed by atoms with Crippen LogP contribution in [0.5, 0.6) is 0 Å². The molecule has 0 aliphatic carbocycles. The molecule has 0 aliphatic heterocycles. The third kappa shape index (κ3) is 7.31. The highest BCUT2D eigenvalue weighted by atomic mass is 16.5. The monoisotopic (exact) mass is 265 g/mol. The van der Waals surface area contributed by atoms with E-state index in [4.69, 9.17) is 9.47 Å². The van der Waals surface area contributed by atoms with Crippen molar-refractivity contribution >= 4 is 0 Å². The third-order valence-electron chi connectivity index (χ3n) is 2.71. The van der Waals surface area contributed by atoms with Gasteiger partial charge in [-0.1, -0.05) is 24.3 Å². The molecule has 108 valence electrons. The number of hydrogen-bond acceptors (Lipinski definition) is 3. The molecule has 19 heavy (non-hydrogen) atoms. The Labute approximate surface area is 117 Å². The highest BCUT2D eigenvalue weighted by Gasteiger charge is 2.08. The van der Waals surface area contributed by atoms with Gasteiger partial charge in [-0.2, -0.15) is 0 Å². The van der Waals surface area contributed by atoms with Crippen molar-refractivity contribution in [3.8, 4) is 0 Å². The van der Waals surface area contributed by atoms with Crippen LogP contribution in [0.1, 0.15) is 38.8 Å². The molecule has 0 saturated heterocycles. The fraction of sp³-hybridized carbons (Fsp3) is 0.625. The highest BCUT2D eigenvalue weighted by Crippen LogP contribution is 2.10. The van der Waals surface area contributed by atoms with E-state index in [9.17, 15) is 0 Å². The smallest absolute Gasteiger partial charge is 0.0719 e. The SMILES string of the molecule is CCOCc1ccccc1CNCCOC(C)(C)C. The second-order valence-corrected chi connectivity index (χ2v) is 5.54. The van der Waals surface area contributed by atoms with Gasteiger partial charge in [-0.3, -0.25) is 0 Å². The van der Waals surface area contributed by atoms with E-state index in [1.165, 1.54) is 11.1 Å². The Kier molecular flexibility index (Phi) is 7.06. The van der Waals surface area contributed by atoms with E-state index < -0.39 is 0 Å². The number of nitrogens with one attached hydrogen (secondary N) is 1. The van der Waals surface area contributed by atoms with Gasteiger partial charge in [-0.15, -0.1) is 0 Å². The van der Waals surface area contributed by atoms with Crippen molar-refractivity contribution in [2.75, 3.05) is 19.8 Å². The van der Waals surface area contributed by atoms with Crippen LogP contribution in [0.2, 0.25) is 0 Å². The van der Waals surface area contributed by atoms with Gasteiger partial charge in [0.1, 0.15) is 0 Å². The molecule has 1 N–H and O–H groups in total. The lowest BCUT2D eigenvalue weighted by Crippen LogP contribution is -2.26. The second-order valence-electron chi connectivity index (χ2n) is 5.54. The molecule has 0 fully saturated rings. The minimum atomic E-state index is -0.0610. The van der Waals surface area contributed by atoms with E-state index in [-0.39, 0.29) is 5.60 Å². The van der Waals surface area contributed by atoms with Crippen molar-refractivity contribution in [3.05, 3.63) is 35.4 Å².